The second-order valence-corrected chi connectivity index (χ2v) is 7.52. The molecule has 0 radical (unpaired) electrons. The molecule has 0 saturated heterocycles. The largest absolute Gasteiger partial charge is 0.248 e. The maximum Gasteiger partial charge on any atom is 0.183 e. The van der Waals surface area contributed by atoms with E-state index >= 15 is 0 Å². The van der Waals surface area contributed by atoms with Gasteiger partial charge in [-0.2, -0.15) is 5.10 Å². The third kappa shape index (κ3) is 3.77. The molecule has 136 valence electrons. The molecule has 0 saturated carbocycles. The molecule has 27 heavy (non-hydrogen) atoms. The highest BCUT2D eigenvalue weighted by molar-refractivity contribution is 7.10. The van der Waals surface area contributed by atoms with E-state index in [1.165, 1.54) is 30.3 Å². The van der Waals surface area contributed by atoms with E-state index in [2.05, 4.69) is 10.1 Å². The number of rotatable bonds is 4. The number of nitrogens with zero attached hydrogens (tertiary/aromatic N) is 3. The Bertz CT molecular complexity index is 1120. The summed E-state index contributed by atoms with van der Waals surface area (Å²) in [6.45, 7) is 0. The lowest BCUT2D eigenvalue weighted by Gasteiger charge is -1.99. The Labute approximate surface area is 163 Å². The third-order valence-corrected chi connectivity index (χ3v) is 5.38. The first kappa shape index (κ1) is 17.8. The van der Waals surface area contributed by atoms with E-state index in [0.29, 0.717) is 28.7 Å². The molecular formula is C20H14ClF2N3S. The van der Waals surface area contributed by atoms with Crippen LogP contribution in [0, 0.1) is 11.6 Å². The van der Waals surface area contributed by atoms with Crippen LogP contribution in [0.5, 0.6) is 0 Å². The number of aromatic nitrogens is 3. The normalized spacial score (nSPS) is 11.1. The van der Waals surface area contributed by atoms with Gasteiger partial charge in [-0.1, -0.05) is 23.7 Å². The lowest BCUT2D eigenvalue weighted by molar-refractivity contribution is 0.626. The van der Waals surface area contributed by atoms with Crippen molar-refractivity contribution in [1.29, 1.82) is 0 Å². The topological polar surface area (TPSA) is 30.7 Å². The molecule has 0 unspecified atom stereocenters. The molecular weight excluding hydrogens is 388 g/mol. The van der Waals surface area contributed by atoms with Crippen LogP contribution >= 0.6 is 22.9 Å². The Kier molecular flexibility index (Phi) is 4.76. The van der Waals surface area contributed by atoms with Gasteiger partial charge in [-0.25, -0.2) is 18.4 Å². The van der Waals surface area contributed by atoms with E-state index < -0.39 is 5.82 Å². The van der Waals surface area contributed by atoms with Gasteiger partial charge in [0.2, 0.25) is 0 Å². The fourth-order valence-electron chi connectivity index (χ4n) is 2.86. The molecule has 4 rings (SSSR count). The van der Waals surface area contributed by atoms with Crippen molar-refractivity contribution in [3.63, 3.8) is 0 Å². The molecule has 7 heteroatoms. The van der Waals surface area contributed by atoms with E-state index in [9.17, 15) is 8.78 Å². The summed E-state index contributed by atoms with van der Waals surface area (Å²) in [5.41, 5.74) is 2.27. The Morgan fingerprint density at radius 3 is 2.70 bits per heavy atom. The summed E-state index contributed by atoms with van der Waals surface area (Å²) in [6.07, 6.45) is 0.642. The molecule has 2 aromatic carbocycles. The van der Waals surface area contributed by atoms with Crippen LogP contribution in [0.3, 0.4) is 0 Å². The highest BCUT2D eigenvalue weighted by atomic mass is 35.5. The van der Waals surface area contributed by atoms with Gasteiger partial charge in [-0.05, 0) is 42.0 Å². The van der Waals surface area contributed by atoms with E-state index in [1.807, 2.05) is 17.5 Å². The minimum absolute atomic E-state index is 0.241. The molecule has 4 aromatic rings. The molecule has 0 N–H and O–H groups in total. The lowest BCUT2D eigenvalue weighted by Crippen LogP contribution is -1.93. The summed E-state index contributed by atoms with van der Waals surface area (Å²) < 4.78 is 28.6. The Balaban J connectivity index is 1.64. The van der Waals surface area contributed by atoms with Gasteiger partial charge in [0.25, 0.3) is 0 Å². The van der Waals surface area contributed by atoms with Crippen LogP contribution in [0.25, 0.3) is 22.8 Å². The van der Waals surface area contributed by atoms with E-state index in [1.54, 1.807) is 29.1 Å². The smallest absolute Gasteiger partial charge is 0.183 e. The second-order valence-electron chi connectivity index (χ2n) is 6.12. The number of aryl methyl sites for hydroxylation is 1. The molecule has 0 aliphatic heterocycles. The number of halogens is 3. The molecule has 2 aromatic heterocycles. The predicted octanol–water partition coefficient (Wildman–Crippen LogP) is 5.73. The summed E-state index contributed by atoms with van der Waals surface area (Å²) in [5.74, 6) is 0.396. The summed E-state index contributed by atoms with van der Waals surface area (Å²) in [7, 11) is 1.78. The highest BCUT2D eigenvalue weighted by Crippen LogP contribution is 2.30. The molecule has 0 bridgehead atoms. The van der Waals surface area contributed by atoms with Gasteiger partial charge in [0.1, 0.15) is 11.6 Å². The molecule has 0 fully saturated rings. The molecule has 0 spiro atoms. The first-order chi connectivity index (χ1) is 13.0. The Morgan fingerprint density at radius 2 is 1.89 bits per heavy atom. The van der Waals surface area contributed by atoms with Crippen LogP contribution in [0.1, 0.15) is 10.4 Å². The number of benzene rings is 2. The fraction of sp³-hybridized carbons (Fsp3) is 0.100. The summed E-state index contributed by atoms with van der Waals surface area (Å²) in [6, 6.07) is 12.7. The quantitative estimate of drug-likeness (QED) is 0.437. The molecule has 0 aliphatic rings. The third-order valence-electron chi connectivity index (χ3n) is 4.11. The summed E-state index contributed by atoms with van der Waals surface area (Å²) in [4.78, 5) is 5.62. The van der Waals surface area contributed by atoms with Crippen LogP contribution in [-0.4, -0.2) is 14.8 Å². The van der Waals surface area contributed by atoms with Crippen molar-refractivity contribution in [1.82, 2.24) is 14.8 Å². The van der Waals surface area contributed by atoms with E-state index in [-0.39, 0.29) is 5.82 Å². The van der Waals surface area contributed by atoms with Crippen molar-refractivity contribution in [2.24, 2.45) is 7.05 Å². The van der Waals surface area contributed by atoms with E-state index in [4.69, 9.17) is 11.6 Å². The van der Waals surface area contributed by atoms with Crippen molar-refractivity contribution in [2.45, 2.75) is 6.42 Å². The number of hydrogen-bond donors (Lipinski definition) is 0. The van der Waals surface area contributed by atoms with Crippen molar-refractivity contribution in [2.75, 3.05) is 0 Å². The minimum atomic E-state index is -0.392. The van der Waals surface area contributed by atoms with Crippen LogP contribution < -0.4 is 0 Å². The summed E-state index contributed by atoms with van der Waals surface area (Å²) in [5, 5.41) is 6.75. The lowest BCUT2D eigenvalue weighted by atomic mass is 10.1. The van der Waals surface area contributed by atoms with Gasteiger partial charge in [0.05, 0.1) is 5.02 Å². The van der Waals surface area contributed by atoms with Crippen molar-refractivity contribution in [3.8, 4) is 22.8 Å². The zero-order valence-corrected chi connectivity index (χ0v) is 15.9. The average molecular weight is 402 g/mol. The van der Waals surface area contributed by atoms with E-state index in [0.717, 1.165) is 16.0 Å². The van der Waals surface area contributed by atoms with Gasteiger partial charge in [0.15, 0.2) is 11.6 Å². The van der Waals surface area contributed by atoms with Crippen molar-refractivity contribution >= 4 is 22.9 Å². The van der Waals surface area contributed by atoms with Crippen LogP contribution in [0.4, 0.5) is 8.78 Å². The summed E-state index contributed by atoms with van der Waals surface area (Å²) >= 11 is 7.74. The zero-order chi connectivity index (χ0) is 19.0. The first-order valence-corrected chi connectivity index (χ1v) is 9.44. The Morgan fingerprint density at radius 1 is 1.07 bits per heavy atom. The predicted molar refractivity (Wildman–Crippen MR) is 104 cm³/mol. The van der Waals surface area contributed by atoms with Gasteiger partial charge < -0.3 is 0 Å². The molecule has 0 aliphatic carbocycles. The maximum absolute atomic E-state index is 13.6. The first-order valence-electron chi connectivity index (χ1n) is 8.18. The minimum Gasteiger partial charge on any atom is -0.248 e. The van der Waals surface area contributed by atoms with Crippen LogP contribution in [-0.2, 0) is 13.5 Å². The van der Waals surface area contributed by atoms with Gasteiger partial charge in [-0.15, -0.1) is 11.3 Å². The van der Waals surface area contributed by atoms with Gasteiger partial charge >= 0.3 is 0 Å². The highest BCUT2D eigenvalue weighted by Gasteiger charge is 2.15. The zero-order valence-electron chi connectivity index (χ0n) is 14.3. The maximum atomic E-state index is 13.6. The number of hydrogen-bond acceptors (Lipinski definition) is 3. The van der Waals surface area contributed by atoms with Crippen molar-refractivity contribution in [3.05, 3.63) is 81.0 Å². The molecule has 0 amide bonds. The molecule has 3 nitrogen and oxygen atoms in total. The fourth-order valence-corrected chi connectivity index (χ4v) is 3.96. The van der Waals surface area contributed by atoms with Gasteiger partial charge in [-0.3, -0.25) is 0 Å². The standard InChI is InChI=1S/C20H14ClF2N3S/c1-26-20(24-19(25-26)17-10-15(23)5-6-18(17)21)13-9-16(27-11-13)8-12-3-2-4-14(22)7-12/h2-7,9-11H,8H2,1H3. The van der Waals surface area contributed by atoms with Crippen LogP contribution in [0.2, 0.25) is 5.02 Å². The monoisotopic (exact) mass is 401 g/mol. The SMILES string of the molecule is Cn1nc(-c2cc(F)ccc2Cl)nc1-c1csc(Cc2cccc(F)c2)c1. The van der Waals surface area contributed by atoms with Crippen molar-refractivity contribution < 1.29 is 8.78 Å². The average Bonchev–Trinajstić information content (AvgIpc) is 3.23. The number of thiophene rings is 1. The van der Waals surface area contributed by atoms with Gasteiger partial charge in [0, 0.05) is 34.9 Å². The second kappa shape index (κ2) is 7.21. The molecule has 0 atom stereocenters. The Hall–Kier alpha value is -2.57. The van der Waals surface area contributed by atoms with Crippen LogP contribution in [0.15, 0.2) is 53.9 Å². The molecule has 2 heterocycles.